The number of hydrogen-bond donors (Lipinski definition) is 1. The van der Waals surface area contributed by atoms with E-state index in [9.17, 15) is 9.59 Å². The van der Waals surface area contributed by atoms with Crippen molar-refractivity contribution in [3.63, 3.8) is 0 Å². The number of piperidine rings is 1. The summed E-state index contributed by atoms with van der Waals surface area (Å²) in [4.78, 5) is 26.9. The molecule has 2 aromatic rings. The molecule has 0 saturated carbocycles. The van der Waals surface area contributed by atoms with Gasteiger partial charge in [-0.15, -0.1) is 0 Å². The van der Waals surface area contributed by atoms with E-state index < -0.39 is 0 Å². The molecule has 1 fully saturated rings. The van der Waals surface area contributed by atoms with Crippen LogP contribution in [0.15, 0.2) is 54.6 Å². The van der Waals surface area contributed by atoms with Crippen LogP contribution in [0.5, 0.6) is 5.75 Å². The Morgan fingerprint density at radius 3 is 2.75 bits per heavy atom. The number of rotatable bonds is 7. The van der Waals surface area contributed by atoms with Gasteiger partial charge in [0, 0.05) is 25.2 Å². The number of likely N-dealkylation sites (tertiary alicyclic amines) is 1. The summed E-state index contributed by atoms with van der Waals surface area (Å²) in [6.45, 7) is 3.76. The van der Waals surface area contributed by atoms with Gasteiger partial charge in [0.1, 0.15) is 5.75 Å². The minimum atomic E-state index is -0.151. The standard InChI is InChI=1S/C23H28N2O3/c1-18-8-5-12-21(16-18)28-15-7-13-22(26)25-14-6-9-19(17-25)23(27)24-20-10-3-2-4-11-20/h2-5,8,10-12,16,19H,6-7,9,13-15,17H2,1H3,(H,24,27). The Balaban J connectivity index is 1.41. The molecule has 28 heavy (non-hydrogen) atoms. The quantitative estimate of drug-likeness (QED) is 0.738. The fraction of sp³-hybridized carbons (Fsp3) is 0.391. The van der Waals surface area contributed by atoms with Gasteiger partial charge in [0.2, 0.25) is 11.8 Å². The number of carbonyl (C=O) groups excluding carboxylic acids is 2. The van der Waals surface area contributed by atoms with E-state index in [0.29, 0.717) is 26.0 Å². The molecule has 1 heterocycles. The highest BCUT2D eigenvalue weighted by molar-refractivity contribution is 5.93. The summed E-state index contributed by atoms with van der Waals surface area (Å²) in [5.74, 6) is 0.779. The third kappa shape index (κ3) is 5.84. The van der Waals surface area contributed by atoms with Crippen molar-refractivity contribution in [1.82, 2.24) is 4.90 Å². The summed E-state index contributed by atoms with van der Waals surface area (Å²) in [6, 6.07) is 17.4. The molecular weight excluding hydrogens is 352 g/mol. The Hall–Kier alpha value is -2.82. The molecule has 1 unspecified atom stereocenters. The number of anilines is 1. The van der Waals surface area contributed by atoms with Crippen molar-refractivity contribution in [1.29, 1.82) is 0 Å². The van der Waals surface area contributed by atoms with Crippen LogP contribution in [0.2, 0.25) is 0 Å². The normalized spacial score (nSPS) is 16.5. The van der Waals surface area contributed by atoms with Gasteiger partial charge in [-0.3, -0.25) is 9.59 Å². The molecule has 2 amide bonds. The van der Waals surface area contributed by atoms with Gasteiger partial charge >= 0.3 is 0 Å². The van der Waals surface area contributed by atoms with Gasteiger partial charge in [-0.1, -0.05) is 30.3 Å². The third-order valence-corrected chi connectivity index (χ3v) is 4.98. The second-order valence-corrected chi connectivity index (χ2v) is 7.30. The molecule has 148 valence electrons. The monoisotopic (exact) mass is 380 g/mol. The number of para-hydroxylation sites is 1. The van der Waals surface area contributed by atoms with Crippen molar-refractivity contribution in [3.8, 4) is 5.75 Å². The Morgan fingerprint density at radius 1 is 1.14 bits per heavy atom. The van der Waals surface area contributed by atoms with Gasteiger partial charge in [0.15, 0.2) is 0 Å². The zero-order valence-electron chi connectivity index (χ0n) is 16.4. The summed E-state index contributed by atoms with van der Waals surface area (Å²) in [5, 5.41) is 2.95. The van der Waals surface area contributed by atoms with Crippen molar-refractivity contribution < 1.29 is 14.3 Å². The predicted molar refractivity (Wildman–Crippen MR) is 110 cm³/mol. The Morgan fingerprint density at radius 2 is 1.96 bits per heavy atom. The number of nitrogens with one attached hydrogen (secondary N) is 1. The molecule has 0 aliphatic carbocycles. The highest BCUT2D eigenvalue weighted by atomic mass is 16.5. The smallest absolute Gasteiger partial charge is 0.229 e. The minimum absolute atomic E-state index is 0.00789. The minimum Gasteiger partial charge on any atom is -0.494 e. The Kier molecular flexibility index (Phi) is 7.06. The molecule has 2 aromatic carbocycles. The first-order valence-corrected chi connectivity index (χ1v) is 9.95. The van der Waals surface area contributed by atoms with E-state index in [2.05, 4.69) is 5.32 Å². The molecule has 1 saturated heterocycles. The van der Waals surface area contributed by atoms with Crippen LogP contribution < -0.4 is 10.1 Å². The van der Waals surface area contributed by atoms with Crippen molar-refractivity contribution in [2.24, 2.45) is 5.92 Å². The van der Waals surface area contributed by atoms with Gasteiger partial charge in [-0.2, -0.15) is 0 Å². The van der Waals surface area contributed by atoms with Gasteiger partial charge in [0.25, 0.3) is 0 Å². The van der Waals surface area contributed by atoms with Crippen LogP contribution in [0.25, 0.3) is 0 Å². The molecule has 1 aliphatic rings. The molecule has 0 radical (unpaired) electrons. The van der Waals surface area contributed by atoms with E-state index in [4.69, 9.17) is 4.74 Å². The van der Waals surface area contributed by atoms with Gasteiger partial charge in [0.05, 0.1) is 12.5 Å². The number of hydrogen-bond acceptors (Lipinski definition) is 3. The highest BCUT2D eigenvalue weighted by Crippen LogP contribution is 2.20. The Labute approximate surface area is 166 Å². The van der Waals surface area contributed by atoms with E-state index >= 15 is 0 Å². The van der Waals surface area contributed by atoms with Gasteiger partial charge in [-0.05, 0) is 56.0 Å². The summed E-state index contributed by atoms with van der Waals surface area (Å²) >= 11 is 0. The third-order valence-electron chi connectivity index (χ3n) is 4.98. The van der Waals surface area contributed by atoms with Crippen molar-refractivity contribution in [2.75, 3.05) is 25.0 Å². The predicted octanol–water partition coefficient (Wildman–Crippen LogP) is 4.03. The highest BCUT2D eigenvalue weighted by Gasteiger charge is 2.28. The molecule has 0 spiro atoms. The second-order valence-electron chi connectivity index (χ2n) is 7.30. The first-order valence-electron chi connectivity index (χ1n) is 9.95. The van der Waals surface area contributed by atoms with E-state index in [0.717, 1.165) is 36.4 Å². The van der Waals surface area contributed by atoms with Crippen LogP contribution in [-0.2, 0) is 9.59 Å². The SMILES string of the molecule is Cc1cccc(OCCCC(=O)N2CCCC(C(=O)Nc3ccccc3)C2)c1. The maximum Gasteiger partial charge on any atom is 0.229 e. The molecule has 3 rings (SSSR count). The van der Waals surface area contributed by atoms with Crippen LogP contribution in [0, 0.1) is 12.8 Å². The van der Waals surface area contributed by atoms with Crippen LogP contribution in [0.3, 0.4) is 0 Å². The lowest BCUT2D eigenvalue weighted by Crippen LogP contribution is -2.43. The largest absolute Gasteiger partial charge is 0.494 e. The molecule has 0 bridgehead atoms. The molecule has 5 nitrogen and oxygen atoms in total. The van der Waals surface area contributed by atoms with Gasteiger partial charge < -0.3 is 15.0 Å². The first-order chi connectivity index (χ1) is 13.6. The fourth-order valence-corrected chi connectivity index (χ4v) is 3.46. The second kappa shape index (κ2) is 9.93. The lowest BCUT2D eigenvalue weighted by molar-refractivity contribution is -0.134. The molecule has 5 heteroatoms. The molecular formula is C23H28N2O3. The number of ether oxygens (including phenoxy) is 1. The Bertz CT molecular complexity index is 791. The number of aryl methyl sites for hydroxylation is 1. The van der Waals surface area contributed by atoms with Crippen LogP contribution >= 0.6 is 0 Å². The van der Waals surface area contributed by atoms with Crippen molar-refractivity contribution >= 4 is 17.5 Å². The average molecular weight is 380 g/mol. The van der Waals surface area contributed by atoms with E-state index in [-0.39, 0.29) is 17.7 Å². The zero-order valence-corrected chi connectivity index (χ0v) is 16.4. The van der Waals surface area contributed by atoms with Crippen LogP contribution in [0.1, 0.15) is 31.2 Å². The lowest BCUT2D eigenvalue weighted by Gasteiger charge is -2.32. The number of amides is 2. The molecule has 1 aliphatic heterocycles. The lowest BCUT2D eigenvalue weighted by atomic mass is 9.96. The number of benzene rings is 2. The first kappa shape index (κ1) is 19.9. The maximum atomic E-state index is 12.5. The topological polar surface area (TPSA) is 58.6 Å². The van der Waals surface area contributed by atoms with E-state index in [1.54, 1.807) is 0 Å². The molecule has 1 N–H and O–H groups in total. The molecule has 1 atom stereocenters. The van der Waals surface area contributed by atoms with E-state index in [1.165, 1.54) is 0 Å². The fourth-order valence-electron chi connectivity index (χ4n) is 3.46. The van der Waals surface area contributed by atoms with Crippen molar-refractivity contribution in [3.05, 3.63) is 60.2 Å². The number of carbonyl (C=O) groups is 2. The number of nitrogens with zero attached hydrogens (tertiary/aromatic N) is 1. The van der Waals surface area contributed by atoms with Crippen LogP contribution in [-0.4, -0.2) is 36.4 Å². The summed E-state index contributed by atoms with van der Waals surface area (Å²) in [6.07, 6.45) is 2.79. The zero-order chi connectivity index (χ0) is 19.8. The van der Waals surface area contributed by atoms with Crippen molar-refractivity contribution in [2.45, 2.75) is 32.6 Å². The van der Waals surface area contributed by atoms with Gasteiger partial charge in [-0.25, -0.2) is 0 Å². The maximum absolute atomic E-state index is 12.5. The summed E-state index contributed by atoms with van der Waals surface area (Å²) in [7, 11) is 0. The summed E-state index contributed by atoms with van der Waals surface area (Å²) < 4.78 is 5.72. The summed E-state index contributed by atoms with van der Waals surface area (Å²) in [5.41, 5.74) is 1.95. The molecule has 0 aromatic heterocycles. The van der Waals surface area contributed by atoms with E-state index in [1.807, 2.05) is 66.4 Å². The van der Waals surface area contributed by atoms with Crippen LogP contribution in [0.4, 0.5) is 5.69 Å². The average Bonchev–Trinajstić information content (AvgIpc) is 2.72.